The van der Waals surface area contributed by atoms with E-state index < -0.39 is 0 Å². The summed E-state index contributed by atoms with van der Waals surface area (Å²) in [7, 11) is 1.87. The highest BCUT2D eigenvalue weighted by atomic mass is 16.1. The molecule has 76 valence electrons. The molecular formula is C10H15N3O. The van der Waals surface area contributed by atoms with Crippen molar-refractivity contribution in [1.82, 2.24) is 9.78 Å². The summed E-state index contributed by atoms with van der Waals surface area (Å²) in [4.78, 5) is 11.2. The van der Waals surface area contributed by atoms with Crippen LogP contribution in [0.3, 0.4) is 0 Å². The number of nitrogens with zero attached hydrogens (tertiary/aromatic N) is 2. The zero-order valence-corrected chi connectivity index (χ0v) is 8.69. The molecule has 2 atom stereocenters. The van der Waals surface area contributed by atoms with E-state index in [1.54, 1.807) is 4.68 Å². The van der Waals surface area contributed by atoms with E-state index in [9.17, 15) is 4.79 Å². The molecule has 0 aromatic carbocycles. The van der Waals surface area contributed by atoms with Gasteiger partial charge in [0.25, 0.3) is 0 Å². The summed E-state index contributed by atoms with van der Waals surface area (Å²) in [6, 6.07) is 0. The molecule has 0 bridgehead atoms. The number of carbonyl (C=O) groups is 1. The van der Waals surface area contributed by atoms with Crippen LogP contribution >= 0.6 is 0 Å². The number of rotatable bonds is 2. The second kappa shape index (κ2) is 2.59. The second-order valence-electron chi connectivity index (χ2n) is 4.63. The van der Waals surface area contributed by atoms with Crippen molar-refractivity contribution < 1.29 is 4.79 Å². The minimum absolute atomic E-state index is 0.00509. The summed E-state index contributed by atoms with van der Waals surface area (Å²) < 4.78 is 1.75. The molecule has 1 aromatic heterocycles. The third-order valence-electron chi connectivity index (χ3n) is 3.22. The van der Waals surface area contributed by atoms with Gasteiger partial charge < -0.3 is 5.73 Å². The van der Waals surface area contributed by atoms with Crippen molar-refractivity contribution >= 4 is 5.91 Å². The molecule has 0 radical (unpaired) electrons. The largest absolute Gasteiger partial charge is 0.369 e. The van der Waals surface area contributed by atoms with Gasteiger partial charge in [0.15, 0.2) is 0 Å². The van der Waals surface area contributed by atoms with Gasteiger partial charge in [0.1, 0.15) is 0 Å². The number of hydrogen-bond acceptors (Lipinski definition) is 2. The highest BCUT2D eigenvalue weighted by Gasteiger charge is 2.61. The maximum absolute atomic E-state index is 11.2. The minimum Gasteiger partial charge on any atom is -0.369 e. The van der Waals surface area contributed by atoms with Crippen LogP contribution in [0.1, 0.15) is 25.3 Å². The number of nitrogens with two attached hydrogens (primary N) is 1. The van der Waals surface area contributed by atoms with Crippen LogP contribution in [-0.2, 0) is 11.8 Å². The number of amides is 1. The standard InChI is InChI=1S/C10H15N3O/c1-10(2)7(8(10)9(11)14)6-4-12-13(3)5-6/h4-5,7-8H,1-3H3,(H2,11,14). The van der Waals surface area contributed by atoms with E-state index in [2.05, 4.69) is 18.9 Å². The van der Waals surface area contributed by atoms with E-state index in [-0.39, 0.29) is 23.2 Å². The van der Waals surface area contributed by atoms with Crippen LogP contribution in [0, 0.1) is 11.3 Å². The third kappa shape index (κ3) is 1.14. The first-order valence-electron chi connectivity index (χ1n) is 4.72. The molecule has 0 aliphatic heterocycles. The summed E-state index contributed by atoms with van der Waals surface area (Å²) in [5, 5.41) is 4.10. The molecule has 0 spiro atoms. The van der Waals surface area contributed by atoms with Crippen molar-refractivity contribution in [3.8, 4) is 0 Å². The van der Waals surface area contributed by atoms with Gasteiger partial charge in [-0.3, -0.25) is 9.48 Å². The van der Waals surface area contributed by atoms with Gasteiger partial charge in [0.2, 0.25) is 5.91 Å². The smallest absolute Gasteiger partial charge is 0.221 e. The van der Waals surface area contributed by atoms with E-state index in [1.165, 1.54) is 0 Å². The topological polar surface area (TPSA) is 60.9 Å². The van der Waals surface area contributed by atoms with E-state index in [0.717, 1.165) is 5.56 Å². The Balaban J connectivity index is 2.27. The van der Waals surface area contributed by atoms with Crippen LogP contribution in [-0.4, -0.2) is 15.7 Å². The quantitative estimate of drug-likeness (QED) is 0.749. The van der Waals surface area contributed by atoms with Crippen LogP contribution in [0.5, 0.6) is 0 Å². The summed E-state index contributed by atoms with van der Waals surface area (Å²) >= 11 is 0. The van der Waals surface area contributed by atoms with Gasteiger partial charge in [0.05, 0.1) is 12.1 Å². The van der Waals surface area contributed by atoms with Crippen molar-refractivity contribution in [2.45, 2.75) is 19.8 Å². The molecule has 1 heterocycles. The fraction of sp³-hybridized carbons (Fsp3) is 0.600. The van der Waals surface area contributed by atoms with Crippen molar-refractivity contribution in [3.05, 3.63) is 18.0 Å². The minimum atomic E-state index is -0.205. The van der Waals surface area contributed by atoms with E-state index in [0.29, 0.717) is 0 Å². The number of hydrogen-bond donors (Lipinski definition) is 1. The molecule has 4 nitrogen and oxygen atoms in total. The molecule has 4 heteroatoms. The lowest BCUT2D eigenvalue weighted by Gasteiger charge is -1.98. The van der Waals surface area contributed by atoms with Gasteiger partial charge in [-0.2, -0.15) is 5.10 Å². The zero-order valence-electron chi connectivity index (χ0n) is 8.69. The molecule has 1 saturated carbocycles. The average Bonchev–Trinajstić information content (AvgIpc) is 2.42. The maximum atomic E-state index is 11.2. The molecule has 1 aliphatic carbocycles. The predicted octanol–water partition coefficient (Wildman–Crippen LogP) is 0.645. The summed E-state index contributed by atoms with van der Waals surface area (Å²) in [6.45, 7) is 4.14. The highest BCUT2D eigenvalue weighted by molar-refractivity contribution is 5.83. The number of carbonyl (C=O) groups excluding carboxylic acids is 1. The molecular weight excluding hydrogens is 178 g/mol. The Kier molecular flexibility index (Phi) is 1.71. The van der Waals surface area contributed by atoms with Gasteiger partial charge in [0, 0.05) is 19.2 Å². The lowest BCUT2D eigenvalue weighted by Crippen LogP contribution is -2.16. The Morgan fingerprint density at radius 1 is 1.64 bits per heavy atom. The third-order valence-corrected chi connectivity index (χ3v) is 3.22. The van der Waals surface area contributed by atoms with Gasteiger partial charge in [-0.15, -0.1) is 0 Å². The van der Waals surface area contributed by atoms with Gasteiger partial charge in [-0.25, -0.2) is 0 Å². The molecule has 2 unspecified atom stereocenters. The predicted molar refractivity (Wildman–Crippen MR) is 52.4 cm³/mol. The van der Waals surface area contributed by atoms with E-state index in [1.807, 2.05) is 19.4 Å². The van der Waals surface area contributed by atoms with Crippen molar-refractivity contribution in [3.63, 3.8) is 0 Å². The summed E-state index contributed by atoms with van der Waals surface area (Å²) in [6.07, 6.45) is 3.77. The van der Waals surface area contributed by atoms with E-state index >= 15 is 0 Å². The fourth-order valence-corrected chi connectivity index (χ4v) is 2.39. The zero-order chi connectivity index (χ0) is 10.5. The number of primary amides is 1. The second-order valence-corrected chi connectivity index (χ2v) is 4.63. The molecule has 0 saturated heterocycles. The fourth-order valence-electron chi connectivity index (χ4n) is 2.39. The Morgan fingerprint density at radius 2 is 2.29 bits per heavy atom. The Labute approximate surface area is 83.1 Å². The molecule has 2 rings (SSSR count). The molecule has 1 aliphatic rings. The van der Waals surface area contributed by atoms with E-state index in [4.69, 9.17) is 5.73 Å². The molecule has 1 aromatic rings. The lowest BCUT2D eigenvalue weighted by atomic mass is 10.1. The van der Waals surface area contributed by atoms with Crippen LogP contribution in [0.2, 0.25) is 0 Å². The maximum Gasteiger partial charge on any atom is 0.221 e. The van der Waals surface area contributed by atoms with Crippen LogP contribution in [0.4, 0.5) is 0 Å². The average molecular weight is 193 g/mol. The van der Waals surface area contributed by atoms with Gasteiger partial charge >= 0.3 is 0 Å². The normalized spacial score (nSPS) is 28.8. The van der Waals surface area contributed by atoms with Crippen LogP contribution < -0.4 is 5.73 Å². The van der Waals surface area contributed by atoms with Gasteiger partial charge in [-0.05, 0) is 11.0 Å². The van der Waals surface area contributed by atoms with Crippen molar-refractivity contribution in [2.24, 2.45) is 24.1 Å². The summed E-state index contributed by atoms with van der Waals surface area (Å²) in [5.74, 6) is 0.00394. The Morgan fingerprint density at radius 3 is 2.64 bits per heavy atom. The highest BCUT2D eigenvalue weighted by Crippen LogP contribution is 2.64. The Hall–Kier alpha value is -1.32. The monoisotopic (exact) mass is 193 g/mol. The molecule has 2 N–H and O–H groups in total. The number of aromatic nitrogens is 2. The first-order chi connectivity index (χ1) is 6.44. The Bertz CT molecular complexity index is 380. The molecule has 14 heavy (non-hydrogen) atoms. The lowest BCUT2D eigenvalue weighted by molar-refractivity contribution is -0.119. The van der Waals surface area contributed by atoms with Crippen LogP contribution in [0.25, 0.3) is 0 Å². The van der Waals surface area contributed by atoms with Crippen molar-refractivity contribution in [1.29, 1.82) is 0 Å². The summed E-state index contributed by atoms with van der Waals surface area (Å²) in [5.41, 5.74) is 6.45. The van der Waals surface area contributed by atoms with Crippen LogP contribution in [0.15, 0.2) is 12.4 Å². The first-order valence-corrected chi connectivity index (χ1v) is 4.72. The van der Waals surface area contributed by atoms with Gasteiger partial charge in [-0.1, -0.05) is 13.8 Å². The SMILES string of the molecule is Cn1cc(C2C(C(N)=O)C2(C)C)cn1. The molecule has 1 fully saturated rings. The number of aryl methyl sites for hydroxylation is 1. The molecule has 1 amide bonds. The first kappa shape index (κ1) is 9.24. The van der Waals surface area contributed by atoms with Crippen molar-refractivity contribution in [2.75, 3.05) is 0 Å².